The first kappa shape index (κ1) is 19.6. The van der Waals surface area contributed by atoms with Crippen molar-refractivity contribution in [3.8, 4) is 0 Å². The van der Waals surface area contributed by atoms with E-state index in [1.165, 1.54) is 0 Å². The van der Waals surface area contributed by atoms with Gasteiger partial charge in [-0.1, -0.05) is 39.3 Å². The van der Waals surface area contributed by atoms with Crippen molar-refractivity contribution in [2.24, 2.45) is 0 Å². The molecule has 0 bridgehead atoms. The number of hydrogen-bond acceptors (Lipinski definition) is 3. The maximum absolute atomic E-state index is 8.07. The molecule has 0 aromatic rings. The van der Waals surface area contributed by atoms with Gasteiger partial charge in [0.1, 0.15) is 0 Å². The lowest BCUT2D eigenvalue weighted by Crippen LogP contribution is -1.75. The highest BCUT2D eigenvalue weighted by atomic mass is 16.3. The Bertz CT molecular complexity index is 106. The normalized spacial score (nSPS) is 9.33. The molecular formula is C12H26O3. The van der Waals surface area contributed by atoms with Crippen LogP contribution in [0.15, 0.2) is 24.7 Å². The van der Waals surface area contributed by atoms with E-state index in [0.29, 0.717) is 6.61 Å². The van der Waals surface area contributed by atoms with Crippen LogP contribution in [0, 0.1) is 0 Å². The molecule has 0 radical (unpaired) electrons. The van der Waals surface area contributed by atoms with E-state index in [4.69, 9.17) is 15.3 Å². The van der Waals surface area contributed by atoms with Crippen molar-refractivity contribution in [1.82, 2.24) is 0 Å². The highest BCUT2D eigenvalue weighted by Gasteiger charge is 1.69. The lowest BCUT2D eigenvalue weighted by molar-refractivity contribution is 0.287. The fourth-order valence-corrected chi connectivity index (χ4v) is 0.369. The second-order valence-electron chi connectivity index (χ2n) is 2.66. The predicted molar refractivity (Wildman–Crippen MR) is 66.1 cm³/mol. The minimum absolute atomic E-state index is 0.344. The van der Waals surface area contributed by atoms with Crippen LogP contribution >= 0.6 is 0 Å². The topological polar surface area (TPSA) is 60.7 Å². The van der Waals surface area contributed by atoms with Gasteiger partial charge in [0, 0.05) is 6.61 Å². The molecule has 15 heavy (non-hydrogen) atoms. The number of hydrogen-bond donors (Lipinski definition) is 3. The van der Waals surface area contributed by atoms with Crippen LogP contribution in [0.4, 0.5) is 0 Å². The molecule has 0 amide bonds. The average molecular weight is 218 g/mol. The van der Waals surface area contributed by atoms with Gasteiger partial charge in [-0.05, 0) is 19.3 Å². The van der Waals surface area contributed by atoms with Gasteiger partial charge in [-0.3, -0.25) is 0 Å². The van der Waals surface area contributed by atoms with Crippen molar-refractivity contribution >= 4 is 0 Å². The fourth-order valence-electron chi connectivity index (χ4n) is 0.369. The maximum Gasteiger partial charge on any atom is 0.0751 e. The third kappa shape index (κ3) is 62.6. The van der Waals surface area contributed by atoms with Crippen LogP contribution in [0.1, 0.15) is 46.5 Å². The molecule has 0 aliphatic heterocycles. The van der Waals surface area contributed by atoms with Crippen molar-refractivity contribution in [2.45, 2.75) is 46.5 Å². The van der Waals surface area contributed by atoms with Gasteiger partial charge >= 0.3 is 0 Å². The number of aliphatic hydroxyl groups excluding tert-OH is 3. The molecule has 0 unspecified atom stereocenters. The van der Waals surface area contributed by atoms with E-state index in [1.807, 2.05) is 13.8 Å². The van der Waals surface area contributed by atoms with Gasteiger partial charge in [0.2, 0.25) is 0 Å². The highest BCUT2D eigenvalue weighted by molar-refractivity contribution is 4.67. The van der Waals surface area contributed by atoms with Gasteiger partial charge in [-0.25, -0.2) is 0 Å². The van der Waals surface area contributed by atoms with Crippen LogP contribution in [0.25, 0.3) is 0 Å². The van der Waals surface area contributed by atoms with E-state index < -0.39 is 0 Å². The summed E-state index contributed by atoms with van der Waals surface area (Å²) in [5.41, 5.74) is 0. The summed E-state index contributed by atoms with van der Waals surface area (Å²) < 4.78 is 0. The Kier molecular flexibility index (Phi) is 38.2. The quantitative estimate of drug-likeness (QED) is 0.630. The first-order chi connectivity index (χ1) is 7.24. The molecule has 0 aliphatic rings. The molecule has 0 saturated heterocycles. The van der Waals surface area contributed by atoms with Crippen molar-refractivity contribution in [2.75, 3.05) is 6.61 Å². The Hall–Kier alpha value is -0.960. The second kappa shape index (κ2) is 29.2. The molecule has 0 aromatic carbocycles. The van der Waals surface area contributed by atoms with E-state index in [0.717, 1.165) is 38.2 Å². The lowest BCUT2D eigenvalue weighted by atomic mass is 10.4. The molecule has 0 fully saturated rings. The smallest absolute Gasteiger partial charge is 0.0751 e. The zero-order valence-electron chi connectivity index (χ0n) is 10.2. The molecule has 3 nitrogen and oxygen atoms in total. The van der Waals surface area contributed by atoms with Crippen LogP contribution in [0.3, 0.4) is 0 Å². The standard InChI is InChI=1S/C4H10O.2C4H8O/c3*1-2-3-4-5/h5H,2-4H2,1H3;2*3-5H,2H2,1H3/b;2*4-3+. The van der Waals surface area contributed by atoms with Crippen molar-refractivity contribution < 1.29 is 15.3 Å². The molecule has 0 atom stereocenters. The lowest BCUT2D eigenvalue weighted by Gasteiger charge is -1.79. The summed E-state index contributed by atoms with van der Waals surface area (Å²) >= 11 is 0. The third-order valence-electron chi connectivity index (χ3n) is 1.19. The molecule has 0 aliphatic carbocycles. The van der Waals surface area contributed by atoms with E-state index in [9.17, 15) is 0 Å². The largest absolute Gasteiger partial charge is 0.516 e. The first-order valence-electron chi connectivity index (χ1n) is 5.44. The summed E-state index contributed by atoms with van der Waals surface area (Å²) in [6.45, 7) is 6.33. The molecule has 92 valence electrons. The summed E-state index contributed by atoms with van der Waals surface area (Å²) in [5.74, 6) is 0. The molecule has 0 saturated carbocycles. The maximum atomic E-state index is 8.07. The summed E-state index contributed by atoms with van der Waals surface area (Å²) in [7, 11) is 0. The highest BCUT2D eigenvalue weighted by Crippen LogP contribution is 1.78. The molecule has 0 rings (SSSR count). The number of rotatable bonds is 4. The molecule has 3 N–H and O–H groups in total. The molecule has 0 heterocycles. The number of allylic oxidation sites excluding steroid dienone is 2. The van der Waals surface area contributed by atoms with Gasteiger partial charge in [0.25, 0.3) is 0 Å². The molecule has 0 aromatic heterocycles. The summed E-state index contributed by atoms with van der Waals surface area (Å²) in [4.78, 5) is 0. The van der Waals surface area contributed by atoms with Gasteiger partial charge in [-0.15, -0.1) is 0 Å². The van der Waals surface area contributed by atoms with Gasteiger partial charge < -0.3 is 15.3 Å². The Morgan fingerprint density at radius 2 is 1.27 bits per heavy atom. The van der Waals surface area contributed by atoms with E-state index in [2.05, 4.69) is 6.92 Å². The zero-order valence-corrected chi connectivity index (χ0v) is 10.2. The van der Waals surface area contributed by atoms with E-state index in [-0.39, 0.29) is 0 Å². The third-order valence-corrected chi connectivity index (χ3v) is 1.19. The summed E-state index contributed by atoms with van der Waals surface area (Å²) in [6, 6.07) is 0. The second-order valence-corrected chi connectivity index (χ2v) is 2.66. The Morgan fingerprint density at radius 1 is 0.867 bits per heavy atom. The van der Waals surface area contributed by atoms with Crippen molar-refractivity contribution in [1.29, 1.82) is 0 Å². The summed E-state index contributed by atoms with van der Waals surface area (Å²) in [5, 5.41) is 23.8. The number of unbranched alkanes of at least 4 members (excludes halogenated alkanes) is 1. The van der Waals surface area contributed by atoms with Crippen molar-refractivity contribution in [3.05, 3.63) is 24.7 Å². The van der Waals surface area contributed by atoms with Crippen LogP contribution in [0.2, 0.25) is 0 Å². The minimum Gasteiger partial charge on any atom is -0.516 e. The number of aliphatic hydroxyl groups is 3. The SMILES string of the molecule is CC/C=C/O.CC/C=C/O.CCCCO. The minimum atomic E-state index is 0.344. The zero-order chi connectivity index (χ0) is 12.4. The average Bonchev–Trinajstić information content (AvgIpc) is 2.23. The van der Waals surface area contributed by atoms with E-state index in [1.54, 1.807) is 12.2 Å². The molecule has 3 heteroatoms. The van der Waals surface area contributed by atoms with Gasteiger partial charge in [0.15, 0.2) is 0 Å². The van der Waals surface area contributed by atoms with E-state index >= 15 is 0 Å². The molecular weight excluding hydrogens is 192 g/mol. The van der Waals surface area contributed by atoms with Gasteiger partial charge in [-0.2, -0.15) is 0 Å². The van der Waals surface area contributed by atoms with Crippen LogP contribution < -0.4 is 0 Å². The Morgan fingerprint density at radius 3 is 1.27 bits per heavy atom. The first-order valence-corrected chi connectivity index (χ1v) is 5.44. The fraction of sp³-hybridized carbons (Fsp3) is 0.667. The van der Waals surface area contributed by atoms with Crippen LogP contribution in [0.5, 0.6) is 0 Å². The van der Waals surface area contributed by atoms with Crippen LogP contribution in [-0.2, 0) is 0 Å². The van der Waals surface area contributed by atoms with Gasteiger partial charge in [0.05, 0.1) is 12.5 Å². The molecule has 0 spiro atoms. The summed E-state index contributed by atoms with van der Waals surface area (Å²) in [6.07, 6.45) is 9.34. The monoisotopic (exact) mass is 218 g/mol. The van der Waals surface area contributed by atoms with Crippen LogP contribution in [-0.4, -0.2) is 21.9 Å². The predicted octanol–water partition coefficient (Wildman–Crippen LogP) is 3.72. The Balaban J connectivity index is -0.000000144. The Labute approximate surface area is 93.8 Å². The van der Waals surface area contributed by atoms with Crippen molar-refractivity contribution in [3.63, 3.8) is 0 Å².